The van der Waals surface area contributed by atoms with Gasteiger partial charge in [0, 0.05) is 6.04 Å². The number of hydrogen-bond acceptors (Lipinski definition) is 4. The first-order valence-electron chi connectivity index (χ1n) is 7.54. The molecule has 1 amide bonds. The highest BCUT2D eigenvalue weighted by Gasteiger charge is 2.30. The topological polar surface area (TPSA) is 55.4 Å². The molecule has 0 unspecified atom stereocenters. The van der Waals surface area contributed by atoms with Gasteiger partial charge in [-0.3, -0.25) is 4.79 Å². The van der Waals surface area contributed by atoms with E-state index in [-0.39, 0.29) is 11.9 Å². The Bertz CT molecular complexity index is 486. The summed E-state index contributed by atoms with van der Waals surface area (Å²) < 4.78 is 5.22. The third-order valence-electron chi connectivity index (χ3n) is 4.41. The average molecular weight is 309 g/mol. The van der Waals surface area contributed by atoms with Crippen molar-refractivity contribution in [3.05, 3.63) is 22.4 Å². The Morgan fingerprint density at radius 3 is 2.81 bits per heavy atom. The molecule has 21 heavy (non-hydrogen) atoms. The van der Waals surface area contributed by atoms with E-state index in [0.717, 1.165) is 12.8 Å². The van der Waals surface area contributed by atoms with Crippen molar-refractivity contribution in [2.24, 2.45) is 11.8 Å². The lowest BCUT2D eigenvalue weighted by Gasteiger charge is -2.35. The highest BCUT2D eigenvalue weighted by Crippen LogP contribution is 2.29. The van der Waals surface area contributed by atoms with Crippen LogP contribution in [0.1, 0.15) is 49.7 Å². The van der Waals surface area contributed by atoms with E-state index in [1.54, 1.807) is 19.1 Å². The Balaban J connectivity index is 1.86. The zero-order valence-corrected chi connectivity index (χ0v) is 13.6. The summed E-state index contributed by atoms with van der Waals surface area (Å²) in [6, 6.07) is 3.67. The van der Waals surface area contributed by atoms with Crippen molar-refractivity contribution in [3.63, 3.8) is 0 Å². The van der Waals surface area contributed by atoms with Crippen LogP contribution in [0.5, 0.6) is 0 Å². The molecule has 4 atom stereocenters. The van der Waals surface area contributed by atoms with Crippen LogP contribution in [0.2, 0.25) is 0 Å². The van der Waals surface area contributed by atoms with Gasteiger partial charge in [-0.1, -0.05) is 32.8 Å². The lowest BCUT2D eigenvalue weighted by atomic mass is 9.78. The largest absolute Gasteiger partial charge is 0.448 e. The molecule has 1 aliphatic carbocycles. The lowest BCUT2D eigenvalue weighted by molar-refractivity contribution is -0.130. The average Bonchev–Trinajstić information content (AvgIpc) is 2.98. The Morgan fingerprint density at radius 2 is 2.14 bits per heavy atom. The number of thiophene rings is 1. The third-order valence-corrected chi connectivity index (χ3v) is 5.26. The first-order valence-corrected chi connectivity index (χ1v) is 8.42. The maximum Gasteiger partial charge on any atom is 0.349 e. The molecule has 1 N–H and O–H groups in total. The molecular weight excluding hydrogens is 286 g/mol. The van der Waals surface area contributed by atoms with Crippen molar-refractivity contribution in [2.45, 2.75) is 52.2 Å². The molecule has 1 saturated carbocycles. The van der Waals surface area contributed by atoms with Gasteiger partial charge in [-0.25, -0.2) is 4.79 Å². The zero-order valence-electron chi connectivity index (χ0n) is 12.8. The predicted octanol–water partition coefficient (Wildman–Crippen LogP) is 3.23. The molecule has 1 aliphatic rings. The summed E-state index contributed by atoms with van der Waals surface area (Å²) in [7, 11) is 0. The number of carbonyl (C=O) groups is 2. The minimum Gasteiger partial charge on any atom is -0.448 e. The number of carbonyl (C=O) groups excluding carboxylic acids is 2. The van der Waals surface area contributed by atoms with Gasteiger partial charge in [-0.15, -0.1) is 11.3 Å². The summed E-state index contributed by atoms with van der Waals surface area (Å²) in [5.41, 5.74) is 0. The molecule has 1 heterocycles. The van der Waals surface area contributed by atoms with E-state index in [1.807, 2.05) is 5.38 Å². The fraction of sp³-hybridized carbons (Fsp3) is 0.625. The first-order chi connectivity index (χ1) is 9.99. The maximum atomic E-state index is 12.2. The van der Waals surface area contributed by atoms with Gasteiger partial charge in [-0.05, 0) is 36.6 Å². The van der Waals surface area contributed by atoms with Crippen LogP contribution in [0.25, 0.3) is 0 Å². The van der Waals surface area contributed by atoms with Gasteiger partial charge in [0.2, 0.25) is 0 Å². The second kappa shape index (κ2) is 7.07. The first kappa shape index (κ1) is 16.0. The minimum atomic E-state index is -0.760. The molecule has 0 aliphatic heterocycles. The third kappa shape index (κ3) is 4.06. The number of hydrogen-bond donors (Lipinski definition) is 1. The van der Waals surface area contributed by atoms with Crippen LogP contribution in [0.15, 0.2) is 17.5 Å². The van der Waals surface area contributed by atoms with Crippen LogP contribution in [0.3, 0.4) is 0 Å². The van der Waals surface area contributed by atoms with E-state index < -0.39 is 12.1 Å². The molecule has 4 nitrogen and oxygen atoms in total. The fourth-order valence-corrected chi connectivity index (χ4v) is 3.36. The summed E-state index contributed by atoms with van der Waals surface area (Å²) in [6.07, 6.45) is 2.60. The monoisotopic (exact) mass is 309 g/mol. The summed E-state index contributed by atoms with van der Waals surface area (Å²) in [4.78, 5) is 24.5. The van der Waals surface area contributed by atoms with Gasteiger partial charge in [0.05, 0.1) is 0 Å². The highest BCUT2D eigenvalue weighted by atomic mass is 32.1. The van der Waals surface area contributed by atoms with Crippen molar-refractivity contribution in [3.8, 4) is 0 Å². The van der Waals surface area contributed by atoms with E-state index in [9.17, 15) is 9.59 Å². The molecular formula is C16H23NO3S. The Morgan fingerprint density at radius 1 is 1.38 bits per heavy atom. The van der Waals surface area contributed by atoms with Crippen LogP contribution < -0.4 is 5.32 Å². The van der Waals surface area contributed by atoms with E-state index in [2.05, 4.69) is 19.2 Å². The van der Waals surface area contributed by atoms with Gasteiger partial charge >= 0.3 is 5.97 Å². The van der Waals surface area contributed by atoms with Crippen LogP contribution >= 0.6 is 11.3 Å². The van der Waals surface area contributed by atoms with Crippen LogP contribution in [0, 0.1) is 11.8 Å². The van der Waals surface area contributed by atoms with Gasteiger partial charge in [-0.2, -0.15) is 0 Å². The zero-order chi connectivity index (χ0) is 15.4. The molecule has 116 valence electrons. The highest BCUT2D eigenvalue weighted by molar-refractivity contribution is 7.11. The van der Waals surface area contributed by atoms with Crippen LogP contribution in [-0.4, -0.2) is 24.0 Å². The normalized spacial score (nSPS) is 26.9. The quantitative estimate of drug-likeness (QED) is 0.869. The summed E-state index contributed by atoms with van der Waals surface area (Å²) in [5, 5.41) is 4.85. The van der Waals surface area contributed by atoms with Crippen LogP contribution in [0.4, 0.5) is 0 Å². The Labute approximate surface area is 129 Å². The van der Waals surface area contributed by atoms with E-state index in [0.29, 0.717) is 16.7 Å². The van der Waals surface area contributed by atoms with Gasteiger partial charge < -0.3 is 10.1 Å². The Hall–Kier alpha value is -1.36. The number of rotatable bonds is 4. The van der Waals surface area contributed by atoms with Gasteiger partial charge in [0.15, 0.2) is 6.10 Å². The number of nitrogens with one attached hydrogen (secondary N) is 1. The van der Waals surface area contributed by atoms with Crippen molar-refractivity contribution in [1.82, 2.24) is 5.32 Å². The molecule has 0 bridgehead atoms. The summed E-state index contributed by atoms with van der Waals surface area (Å²) in [5.74, 6) is 0.444. The minimum absolute atomic E-state index is 0.184. The number of ether oxygens (including phenoxy) is 1. The van der Waals surface area contributed by atoms with Crippen molar-refractivity contribution in [1.29, 1.82) is 0 Å². The van der Waals surface area contributed by atoms with Gasteiger partial charge in [0.1, 0.15) is 4.88 Å². The van der Waals surface area contributed by atoms with Crippen molar-refractivity contribution < 1.29 is 14.3 Å². The predicted molar refractivity (Wildman–Crippen MR) is 83.3 cm³/mol. The second-order valence-electron chi connectivity index (χ2n) is 5.91. The molecule has 5 heteroatoms. The number of amides is 1. The lowest BCUT2D eigenvalue weighted by Crippen LogP contribution is -2.47. The van der Waals surface area contributed by atoms with Crippen molar-refractivity contribution >= 4 is 23.2 Å². The summed E-state index contributed by atoms with van der Waals surface area (Å²) in [6.45, 7) is 6.03. The SMILES string of the molecule is C[C@H]1[C@@H](NC(=O)[C@@H](C)OC(=O)c2cccs2)CCC[C@@H]1C. The molecule has 0 saturated heterocycles. The van der Waals surface area contributed by atoms with E-state index in [1.165, 1.54) is 17.8 Å². The maximum absolute atomic E-state index is 12.2. The van der Waals surface area contributed by atoms with Crippen LogP contribution in [-0.2, 0) is 9.53 Å². The molecule has 1 aromatic heterocycles. The molecule has 1 aromatic rings. The smallest absolute Gasteiger partial charge is 0.349 e. The standard InChI is InChI=1S/C16H23NO3S/c1-10-6-4-7-13(11(10)2)17-15(18)12(3)20-16(19)14-8-5-9-21-14/h5,8-13H,4,6-7H2,1-3H3,(H,17,18)/t10-,11+,12+,13-/m0/s1. The Kier molecular flexibility index (Phi) is 5.39. The second-order valence-corrected chi connectivity index (χ2v) is 6.85. The summed E-state index contributed by atoms with van der Waals surface area (Å²) >= 11 is 1.31. The molecule has 0 radical (unpaired) electrons. The fourth-order valence-electron chi connectivity index (χ4n) is 2.75. The molecule has 0 spiro atoms. The molecule has 2 rings (SSSR count). The molecule has 1 fully saturated rings. The van der Waals surface area contributed by atoms with Crippen molar-refractivity contribution in [2.75, 3.05) is 0 Å². The molecule has 0 aromatic carbocycles. The number of esters is 1. The van der Waals surface area contributed by atoms with E-state index in [4.69, 9.17) is 4.74 Å². The van der Waals surface area contributed by atoms with E-state index >= 15 is 0 Å². The van der Waals surface area contributed by atoms with Gasteiger partial charge in [0.25, 0.3) is 5.91 Å².